The molecule has 0 aliphatic carbocycles. The number of hydrogen-bond donors (Lipinski definition) is 0. The number of anilines is 1. The Labute approximate surface area is 172 Å². The minimum Gasteiger partial charge on any atom is -0.369 e. The van der Waals surface area contributed by atoms with E-state index >= 15 is 0 Å². The summed E-state index contributed by atoms with van der Waals surface area (Å²) in [6.45, 7) is 5.76. The number of piperazine rings is 1. The minimum atomic E-state index is -4.34. The highest BCUT2D eigenvalue weighted by Crippen LogP contribution is 2.32. The molecule has 4 rings (SSSR count). The summed E-state index contributed by atoms with van der Waals surface area (Å²) in [6.07, 6.45) is -2.45. The highest BCUT2D eigenvalue weighted by molar-refractivity contribution is 5.93. The van der Waals surface area contributed by atoms with Crippen molar-refractivity contribution in [3.8, 4) is 0 Å². The fraction of sp³-hybridized carbons (Fsp3) is 0.550. The van der Waals surface area contributed by atoms with Crippen molar-refractivity contribution >= 4 is 11.6 Å². The van der Waals surface area contributed by atoms with Gasteiger partial charge in [0.15, 0.2) is 5.69 Å². The summed E-state index contributed by atoms with van der Waals surface area (Å²) < 4.78 is 43.6. The van der Waals surface area contributed by atoms with Gasteiger partial charge in [-0.1, -0.05) is 11.2 Å². The monoisotopic (exact) mass is 423 g/mol. The van der Waals surface area contributed by atoms with Crippen LogP contribution in [0.3, 0.4) is 0 Å². The summed E-state index contributed by atoms with van der Waals surface area (Å²) in [4.78, 5) is 18.8. The number of piperidine rings is 1. The second-order valence-electron chi connectivity index (χ2n) is 7.82. The van der Waals surface area contributed by atoms with Gasteiger partial charge in [-0.2, -0.15) is 13.2 Å². The van der Waals surface area contributed by atoms with Crippen molar-refractivity contribution in [2.75, 3.05) is 44.2 Å². The van der Waals surface area contributed by atoms with E-state index in [0.717, 1.165) is 32.0 Å². The molecule has 1 aromatic carbocycles. The van der Waals surface area contributed by atoms with E-state index in [1.165, 1.54) is 12.1 Å². The average Bonchev–Trinajstić information content (AvgIpc) is 3.19. The smallest absolute Gasteiger partial charge is 0.369 e. The zero-order valence-electron chi connectivity index (χ0n) is 16.7. The Morgan fingerprint density at radius 2 is 1.90 bits per heavy atom. The first-order valence-corrected chi connectivity index (χ1v) is 10.1. The molecule has 0 spiro atoms. The van der Waals surface area contributed by atoms with E-state index in [0.29, 0.717) is 37.6 Å². The third-order valence-electron chi connectivity index (χ3n) is 5.91. The molecule has 2 aromatic rings. The lowest BCUT2D eigenvalue weighted by Crippen LogP contribution is -2.56. The number of aromatic nitrogens is 2. The van der Waals surface area contributed by atoms with Crippen molar-refractivity contribution in [1.29, 1.82) is 0 Å². The van der Waals surface area contributed by atoms with Crippen molar-refractivity contribution in [2.24, 2.45) is 0 Å². The van der Waals surface area contributed by atoms with Gasteiger partial charge in [0, 0.05) is 51.0 Å². The van der Waals surface area contributed by atoms with E-state index in [2.05, 4.69) is 19.8 Å². The largest absolute Gasteiger partial charge is 0.416 e. The van der Waals surface area contributed by atoms with E-state index < -0.39 is 11.7 Å². The van der Waals surface area contributed by atoms with E-state index in [9.17, 15) is 18.0 Å². The molecule has 1 amide bonds. The molecule has 162 valence electrons. The molecule has 3 heterocycles. The van der Waals surface area contributed by atoms with Crippen molar-refractivity contribution < 1.29 is 22.6 Å². The van der Waals surface area contributed by atoms with Gasteiger partial charge >= 0.3 is 6.18 Å². The van der Waals surface area contributed by atoms with Gasteiger partial charge in [-0.15, -0.1) is 0 Å². The fourth-order valence-electron chi connectivity index (χ4n) is 4.24. The van der Waals surface area contributed by atoms with Crippen molar-refractivity contribution in [3.63, 3.8) is 0 Å². The van der Waals surface area contributed by atoms with Crippen LogP contribution in [-0.2, 0) is 6.18 Å². The first-order valence-electron chi connectivity index (χ1n) is 10.1. The number of likely N-dealkylation sites (tertiary alicyclic amines) is 1. The van der Waals surface area contributed by atoms with Crippen LogP contribution in [0.1, 0.15) is 34.6 Å². The predicted octanol–water partition coefficient (Wildman–Crippen LogP) is 2.82. The summed E-state index contributed by atoms with van der Waals surface area (Å²) in [5, 5.41) is 7.40. The molecular weight excluding hydrogens is 399 g/mol. The first kappa shape index (κ1) is 20.6. The lowest BCUT2D eigenvalue weighted by molar-refractivity contribution is -0.137. The molecule has 1 atom stereocenters. The number of benzene rings is 1. The molecule has 2 saturated heterocycles. The van der Waals surface area contributed by atoms with Crippen molar-refractivity contribution in [1.82, 2.24) is 20.1 Å². The Morgan fingerprint density at radius 1 is 1.13 bits per heavy atom. The first-order chi connectivity index (χ1) is 14.3. The molecule has 0 unspecified atom stereocenters. The Balaban J connectivity index is 1.36. The molecule has 2 fully saturated rings. The maximum atomic E-state index is 13.0. The molecule has 0 saturated carbocycles. The van der Waals surface area contributed by atoms with E-state index in [4.69, 9.17) is 0 Å². The molecule has 0 N–H and O–H groups in total. The topological polar surface area (TPSA) is 65.7 Å². The standard InChI is InChI=1S/C20H24F3N5O2/c1-14-18(25-30-24-14)19(29)28-7-3-6-17(13-28)27-10-8-26(9-11-27)16-5-2-4-15(12-16)20(21,22)23/h2,4-5,12,17H,3,6-11,13H2,1H3/t17-/m0/s1. The molecule has 0 bridgehead atoms. The molecule has 7 nitrogen and oxygen atoms in total. The van der Waals surface area contributed by atoms with E-state index in [1.54, 1.807) is 17.9 Å². The molecule has 2 aliphatic rings. The van der Waals surface area contributed by atoms with Crippen LogP contribution in [0, 0.1) is 6.92 Å². The third-order valence-corrected chi connectivity index (χ3v) is 5.91. The lowest BCUT2D eigenvalue weighted by atomic mass is 10.0. The molecule has 0 radical (unpaired) electrons. The average molecular weight is 423 g/mol. The van der Waals surface area contributed by atoms with E-state index in [-0.39, 0.29) is 17.6 Å². The Hall–Kier alpha value is -2.62. The normalized spacial score (nSPS) is 21.1. The maximum Gasteiger partial charge on any atom is 0.416 e. The highest BCUT2D eigenvalue weighted by Gasteiger charge is 2.33. The SMILES string of the molecule is Cc1nonc1C(=O)N1CCC[C@H](N2CCN(c3cccc(C(F)(F)F)c3)CC2)C1. The quantitative estimate of drug-likeness (QED) is 0.757. The van der Waals surface area contributed by atoms with Gasteiger partial charge in [0.05, 0.1) is 5.56 Å². The number of halogens is 3. The lowest BCUT2D eigenvalue weighted by Gasteiger charge is -2.43. The van der Waals surface area contributed by atoms with Crippen LogP contribution < -0.4 is 4.90 Å². The summed E-state index contributed by atoms with van der Waals surface area (Å²) in [7, 11) is 0. The second-order valence-corrected chi connectivity index (χ2v) is 7.82. The Morgan fingerprint density at radius 3 is 2.57 bits per heavy atom. The summed E-state index contributed by atoms with van der Waals surface area (Å²) in [6, 6.07) is 5.71. The van der Waals surface area contributed by atoms with Gasteiger partial charge in [-0.25, -0.2) is 4.63 Å². The zero-order chi connectivity index (χ0) is 21.3. The van der Waals surface area contributed by atoms with Gasteiger partial charge in [0.25, 0.3) is 5.91 Å². The van der Waals surface area contributed by atoms with E-state index in [1.807, 2.05) is 4.90 Å². The van der Waals surface area contributed by atoms with Crippen LogP contribution in [0.2, 0.25) is 0 Å². The number of nitrogens with zero attached hydrogens (tertiary/aromatic N) is 5. The fourth-order valence-corrected chi connectivity index (χ4v) is 4.24. The van der Waals surface area contributed by atoms with Gasteiger partial charge in [0.2, 0.25) is 0 Å². The van der Waals surface area contributed by atoms with Gasteiger partial charge in [0.1, 0.15) is 5.69 Å². The number of amides is 1. The minimum absolute atomic E-state index is 0.166. The van der Waals surface area contributed by atoms with Crippen LogP contribution in [0.15, 0.2) is 28.9 Å². The molecule has 10 heteroatoms. The summed E-state index contributed by atoms with van der Waals surface area (Å²) in [5.41, 5.74) is 0.710. The van der Waals surface area contributed by atoms with Gasteiger partial charge in [-0.3, -0.25) is 9.69 Å². The van der Waals surface area contributed by atoms with Gasteiger partial charge < -0.3 is 9.80 Å². The van der Waals surface area contributed by atoms with Crippen LogP contribution >= 0.6 is 0 Å². The molecule has 1 aromatic heterocycles. The molecular formula is C20H24F3N5O2. The maximum absolute atomic E-state index is 13.0. The van der Waals surface area contributed by atoms with Crippen molar-refractivity contribution in [2.45, 2.75) is 32.0 Å². The number of hydrogen-bond acceptors (Lipinski definition) is 6. The highest BCUT2D eigenvalue weighted by atomic mass is 19.4. The van der Waals surface area contributed by atoms with Crippen LogP contribution in [-0.4, -0.2) is 71.3 Å². The number of carbonyl (C=O) groups excluding carboxylic acids is 1. The summed E-state index contributed by atoms with van der Waals surface area (Å²) >= 11 is 0. The summed E-state index contributed by atoms with van der Waals surface area (Å²) in [5.74, 6) is -0.166. The Kier molecular flexibility index (Phi) is 5.68. The number of alkyl halides is 3. The number of carbonyl (C=O) groups is 1. The second kappa shape index (κ2) is 8.25. The zero-order valence-corrected chi connectivity index (χ0v) is 16.7. The predicted molar refractivity (Wildman–Crippen MR) is 103 cm³/mol. The van der Waals surface area contributed by atoms with Crippen LogP contribution in [0.25, 0.3) is 0 Å². The Bertz CT molecular complexity index is 893. The number of aryl methyl sites for hydroxylation is 1. The third kappa shape index (κ3) is 4.28. The molecule has 30 heavy (non-hydrogen) atoms. The van der Waals surface area contributed by atoms with Gasteiger partial charge in [-0.05, 0) is 43.1 Å². The van der Waals surface area contributed by atoms with Crippen molar-refractivity contribution in [3.05, 3.63) is 41.2 Å². The van der Waals surface area contributed by atoms with Crippen LogP contribution in [0.5, 0.6) is 0 Å². The number of rotatable bonds is 3. The molecule has 2 aliphatic heterocycles. The van der Waals surface area contributed by atoms with Crippen LogP contribution in [0.4, 0.5) is 18.9 Å².